The van der Waals surface area contributed by atoms with Crippen LogP contribution < -0.4 is 9.47 Å². The number of aromatic nitrogens is 2. The van der Waals surface area contributed by atoms with E-state index in [1.54, 1.807) is 14.2 Å². The van der Waals surface area contributed by atoms with Crippen molar-refractivity contribution in [1.82, 2.24) is 9.97 Å². The zero-order chi connectivity index (χ0) is 19.4. The number of methoxy groups -OCH3 is 2. The predicted octanol–water partition coefficient (Wildman–Crippen LogP) is 5.53. The van der Waals surface area contributed by atoms with Gasteiger partial charge < -0.3 is 9.47 Å². The second-order valence-corrected chi connectivity index (χ2v) is 7.21. The standard InChI is InChI=1S/C18H15F3N2O2S2/c1-24-14-5-3-4-13(16(14)25-2)17-23-12(10-27-17)9-26-15-7-6-11(8-22-15)18(19,20)21/h3-8,10H,9H2,1-2H3. The molecular formula is C18H15F3N2O2S2. The van der Waals surface area contributed by atoms with Gasteiger partial charge in [0.15, 0.2) is 11.5 Å². The molecule has 0 atom stereocenters. The molecule has 0 radical (unpaired) electrons. The molecule has 9 heteroatoms. The molecule has 0 bridgehead atoms. The average molecular weight is 412 g/mol. The van der Waals surface area contributed by atoms with E-state index in [0.29, 0.717) is 22.3 Å². The van der Waals surface area contributed by atoms with Crippen molar-refractivity contribution in [2.75, 3.05) is 14.2 Å². The van der Waals surface area contributed by atoms with Crippen LogP contribution in [0.25, 0.3) is 10.6 Å². The van der Waals surface area contributed by atoms with E-state index in [4.69, 9.17) is 9.47 Å². The van der Waals surface area contributed by atoms with Crippen LogP contribution in [-0.4, -0.2) is 24.2 Å². The molecule has 0 amide bonds. The monoisotopic (exact) mass is 412 g/mol. The molecular weight excluding hydrogens is 397 g/mol. The zero-order valence-electron chi connectivity index (χ0n) is 14.4. The maximum atomic E-state index is 12.6. The third-order valence-corrected chi connectivity index (χ3v) is 5.52. The molecule has 0 fully saturated rings. The first-order valence-corrected chi connectivity index (χ1v) is 9.60. The Bertz CT molecular complexity index is 912. The van der Waals surface area contributed by atoms with E-state index in [0.717, 1.165) is 28.5 Å². The largest absolute Gasteiger partial charge is 0.493 e. The van der Waals surface area contributed by atoms with Gasteiger partial charge in [-0.1, -0.05) is 6.07 Å². The number of pyridine rings is 1. The average Bonchev–Trinajstić information content (AvgIpc) is 3.14. The number of nitrogens with zero attached hydrogens (tertiary/aromatic N) is 2. The normalized spacial score (nSPS) is 11.4. The quantitative estimate of drug-likeness (QED) is 0.498. The highest BCUT2D eigenvalue weighted by Crippen LogP contribution is 2.39. The SMILES string of the molecule is COc1cccc(-c2nc(CSc3ccc(C(F)(F)F)cn3)cs2)c1OC. The highest BCUT2D eigenvalue weighted by molar-refractivity contribution is 7.98. The Kier molecular flexibility index (Phi) is 5.91. The van der Waals surface area contributed by atoms with Crippen LogP contribution in [0.1, 0.15) is 11.3 Å². The lowest BCUT2D eigenvalue weighted by molar-refractivity contribution is -0.137. The third-order valence-electron chi connectivity index (χ3n) is 3.62. The fourth-order valence-corrected chi connectivity index (χ4v) is 4.02. The number of ether oxygens (including phenoxy) is 2. The second-order valence-electron chi connectivity index (χ2n) is 5.36. The predicted molar refractivity (Wildman–Crippen MR) is 99.5 cm³/mol. The molecule has 0 N–H and O–H groups in total. The summed E-state index contributed by atoms with van der Waals surface area (Å²) in [5.74, 6) is 1.73. The van der Waals surface area contributed by atoms with Crippen molar-refractivity contribution in [1.29, 1.82) is 0 Å². The molecule has 0 aliphatic carbocycles. The van der Waals surface area contributed by atoms with Crippen molar-refractivity contribution in [2.45, 2.75) is 17.0 Å². The van der Waals surface area contributed by atoms with Crippen LogP contribution in [-0.2, 0) is 11.9 Å². The van der Waals surface area contributed by atoms with Crippen molar-refractivity contribution in [3.63, 3.8) is 0 Å². The maximum Gasteiger partial charge on any atom is 0.417 e. The number of halogens is 3. The Morgan fingerprint density at radius 3 is 2.56 bits per heavy atom. The van der Waals surface area contributed by atoms with Gasteiger partial charge in [-0.25, -0.2) is 9.97 Å². The summed E-state index contributed by atoms with van der Waals surface area (Å²) in [6, 6.07) is 7.96. The summed E-state index contributed by atoms with van der Waals surface area (Å²) in [5, 5.41) is 3.20. The van der Waals surface area contributed by atoms with Crippen LogP contribution in [0.5, 0.6) is 11.5 Å². The summed E-state index contributed by atoms with van der Waals surface area (Å²) in [6.07, 6.45) is -3.54. The molecule has 4 nitrogen and oxygen atoms in total. The summed E-state index contributed by atoms with van der Waals surface area (Å²) in [5.41, 5.74) is 0.880. The lowest BCUT2D eigenvalue weighted by Crippen LogP contribution is -2.05. The lowest BCUT2D eigenvalue weighted by atomic mass is 10.2. The maximum absolute atomic E-state index is 12.6. The second kappa shape index (κ2) is 8.18. The summed E-state index contributed by atoms with van der Waals surface area (Å²) in [7, 11) is 3.14. The van der Waals surface area contributed by atoms with Gasteiger partial charge in [0.2, 0.25) is 0 Å². The van der Waals surface area contributed by atoms with E-state index in [9.17, 15) is 13.2 Å². The molecule has 1 aromatic carbocycles. The zero-order valence-corrected chi connectivity index (χ0v) is 16.0. The van der Waals surface area contributed by atoms with Gasteiger partial charge in [0.05, 0.1) is 36.1 Å². The summed E-state index contributed by atoms with van der Waals surface area (Å²) in [6.45, 7) is 0. The van der Waals surface area contributed by atoms with E-state index >= 15 is 0 Å². The number of hydrogen-bond acceptors (Lipinski definition) is 6. The van der Waals surface area contributed by atoms with Crippen molar-refractivity contribution in [3.8, 4) is 22.1 Å². The Hall–Kier alpha value is -2.26. The first kappa shape index (κ1) is 19.5. The Labute approximate surface area is 162 Å². The summed E-state index contributed by atoms with van der Waals surface area (Å²) in [4.78, 5) is 8.45. The van der Waals surface area contributed by atoms with Crippen LogP contribution in [0, 0.1) is 0 Å². The van der Waals surface area contributed by atoms with Crippen LogP contribution in [0.4, 0.5) is 13.2 Å². The summed E-state index contributed by atoms with van der Waals surface area (Å²) >= 11 is 2.79. The molecule has 2 heterocycles. The number of thioether (sulfide) groups is 1. The number of benzene rings is 1. The van der Waals surface area contributed by atoms with E-state index in [1.165, 1.54) is 29.2 Å². The summed E-state index contributed by atoms with van der Waals surface area (Å²) < 4.78 is 48.5. The van der Waals surface area contributed by atoms with Gasteiger partial charge in [-0.05, 0) is 24.3 Å². The third kappa shape index (κ3) is 4.54. The van der Waals surface area contributed by atoms with Gasteiger partial charge in [-0.15, -0.1) is 23.1 Å². The van der Waals surface area contributed by atoms with Crippen molar-refractivity contribution in [3.05, 3.63) is 53.2 Å². The molecule has 0 aliphatic rings. The highest BCUT2D eigenvalue weighted by atomic mass is 32.2. The number of thiazole rings is 1. The van der Waals surface area contributed by atoms with Crippen molar-refractivity contribution < 1.29 is 22.6 Å². The Morgan fingerprint density at radius 1 is 1.11 bits per heavy atom. The van der Waals surface area contributed by atoms with Crippen molar-refractivity contribution in [2.24, 2.45) is 0 Å². The molecule has 142 valence electrons. The van der Waals surface area contributed by atoms with Gasteiger partial charge in [-0.3, -0.25) is 0 Å². The first-order chi connectivity index (χ1) is 12.9. The number of hydrogen-bond donors (Lipinski definition) is 0. The Morgan fingerprint density at radius 2 is 1.93 bits per heavy atom. The van der Waals surface area contributed by atoms with Crippen molar-refractivity contribution >= 4 is 23.1 Å². The van der Waals surface area contributed by atoms with E-state index < -0.39 is 11.7 Å². The highest BCUT2D eigenvalue weighted by Gasteiger charge is 2.30. The fraction of sp³-hybridized carbons (Fsp3) is 0.222. The van der Waals surface area contributed by atoms with Gasteiger partial charge in [0.1, 0.15) is 5.01 Å². The van der Waals surface area contributed by atoms with Crippen LogP contribution in [0.2, 0.25) is 0 Å². The lowest BCUT2D eigenvalue weighted by Gasteiger charge is -2.10. The van der Waals surface area contributed by atoms with Gasteiger partial charge in [0.25, 0.3) is 0 Å². The molecule has 27 heavy (non-hydrogen) atoms. The molecule has 2 aromatic heterocycles. The minimum absolute atomic E-state index is 0.501. The molecule has 0 spiro atoms. The smallest absolute Gasteiger partial charge is 0.417 e. The van der Waals surface area contributed by atoms with Crippen LogP contribution >= 0.6 is 23.1 Å². The van der Waals surface area contributed by atoms with Gasteiger partial charge >= 0.3 is 6.18 Å². The topological polar surface area (TPSA) is 44.2 Å². The molecule has 3 aromatic rings. The van der Waals surface area contributed by atoms with E-state index in [2.05, 4.69) is 9.97 Å². The fourth-order valence-electron chi connectivity index (χ4n) is 2.33. The van der Waals surface area contributed by atoms with Crippen LogP contribution in [0.15, 0.2) is 46.9 Å². The number of para-hydroxylation sites is 1. The first-order valence-electron chi connectivity index (χ1n) is 7.74. The molecule has 0 unspecified atom stereocenters. The van der Waals surface area contributed by atoms with E-state index in [-0.39, 0.29) is 0 Å². The van der Waals surface area contributed by atoms with E-state index in [1.807, 2.05) is 23.6 Å². The van der Waals surface area contributed by atoms with Gasteiger partial charge in [-0.2, -0.15) is 13.2 Å². The minimum Gasteiger partial charge on any atom is -0.493 e. The molecule has 3 rings (SSSR count). The number of rotatable bonds is 6. The van der Waals surface area contributed by atoms with Crippen LogP contribution in [0.3, 0.4) is 0 Å². The minimum atomic E-state index is -4.38. The number of alkyl halides is 3. The van der Waals surface area contributed by atoms with Gasteiger partial charge in [0, 0.05) is 17.3 Å². The Balaban J connectivity index is 1.72. The molecule has 0 saturated heterocycles. The molecule has 0 saturated carbocycles. The molecule has 0 aliphatic heterocycles.